The fourth-order valence-corrected chi connectivity index (χ4v) is 1.73. The molecule has 1 aromatic rings. The van der Waals surface area contributed by atoms with Crippen LogP contribution in [0.15, 0.2) is 18.2 Å². The van der Waals surface area contributed by atoms with Crippen molar-refractivity contribution in [3.8, 4) is 0 Å². The van der Waals surface area contributed by atoms with Crippen LogP contribution in [0, 0.1) is 5.82 Å². The lowest BCUT2D eigenvalue weighted by atomic mass is 10.1. The highest BCUT2D eigenvalue weighted by Gasteiger charge is 2.11. The van der Waals surface area contributed by atoms with Gasteiger partial charge in [0.05, 0.1) is 11.1 Å². The number of halogens is 2. The predicted molar refractivity (Wildman–Crippen MR) is 78.9 cm³/mol. The Balaban J connectivity index is 2.27. The van der Waals surface area contributed by atoms with E-state index in [9.17, 15) is 14.3 Å². The molecule has 0 heterocycles. The van der Waals surface area contributed by atoms with E-state index in [0.29, 0.717) is 31.7 Å². The molecule has 0 fully saturated rings. The molecule has 2 amide bonds. The molecule has 0 aromatic heterocycles. The zero-order valence-corrected chi connectivity index (χ0v) is 12.6. The van der Waals surface area contributed by atoms with Crippen molar-refractivity contribution in [3.63, 3.8) is 0 Å². The zero-order chi connectivity index (χ0) is 15.7. The summed E-state index contributed by atoms with van der Waals surface area (Å²) in [5.41, 5.74) is 0.355. The summed E-state index contributed by atoms with van der Waals surface area (Å²) in [7, 11) is 0. The maximum atomic E-state index is 13.3. The van der Waals surface area contributed by atoms with Crippen molar-refractivity contribution in [1.29, 1.82) is 0 Å². The van der Waals surface area contributed by atoms with Gasteiger partial charge in [-0.2, -0.15) is 0 Å². The number of amides is 2. The summed E-state index contributed by atoms with van der Waals surface area (Å²) in [5.74, 6) is -0.603. The van der Waals surface area contributed by atoms with Crippen molar-refractivity contribution < 1.29 is 19.0 Å². The van der Waals surface area contributed by atoms with E-state index in [4.69, 9.17) is 16.3 Å². The number of rotatable bonds is 8. The Labute approximate surface area is 128 Å². The number of urea groups is 1. The van der Waals surface area contributed by atoms with Crippen molar-refractivity contribution in [3.05, 3.63) is 34.6 Å². The van der Waals surface area contributed by atoms with Gasteiger partial charge in [0.15, 0.2) is 0 Å². The summed E-state index contributed by atoms with van der Waals surface area (Å²) in [6.45, 7) is 3.61. The molecule has 0 aliphatic rings. The summed E-state index contributed by atoms with van der Waals surface area (Å²) in [6, 6.07) is 3.63. The number of hydrogen-bond acceptors (Lipinski definition) is 3. The fraction of sp³-hybridized carbons (Fsp3) is 0.500. The SMILES string of the molecule is CCOCCCNC(=O)NCC(O)c1ccc(Cl)c(F)c1. The molecule has 0 spiro atoms. The minimum absolute atomic E-state index is 0.00838. The third-order valence-electron chi connectivity index (χ3n) is 2.74. The van der Waals surface area contributed by atoms with Crippen LogP contribution < -0.4 is 10.6 Å². The molecule has 0 aliphatic heterocycles. The van der Waals surface area contributed by atoms with Crippen LogP contribution >= 0.6 is 11.6 Å². The zero-order valence-electron chi connectivity index (χ0n) is 11.9. The quantitative estimate of drug-likeness (QED) is 0.644. The smallest absolute Gasteiger partial charge is 0.314 e. The number of carbonyl (C=O) groups excluding carboxylic acids is 1. The highest BCUT2D eigenvalue weighted by atomic mass is 35.5. The Kier molecular flexibility index (Phi) is 8.04. The minimum Gasteiger partial charge on any atom is -0.387 e. The Hall–Kier alpha value is -1.37. The molecule has 0 bridgehead atoms. The van der Waals surface area contributed by atoms with E-state index in [1.165, 1.54) is 12.1 Å². The molecule has 0 aliphatic carbocycles. The van der Waals surface area contributed by atoms with Gasteiger partial charge in [0, 0.05) is 26.3 Å². The van der Waals surface area contributed by atoms with Crippen LogP contribution in [0.25, 0.3) is 0 Å². The molecule has 118 valence electrons. The minimum atomic E-state index is -0.994. The standard InChI is InChI=1S/C14H20ClFN2O3/c1-2-21-7-3-6-17-14(20)18-9-13(19)10-4-5-11(15)12(16)8-10/h4-5,8,13,19H,2-3,6-7,9H2,1H3,(H2,17,18,20). The van der Waals surface area contributed by atoms with Crippen LogP contribution in [-0.4, -0.2) is 37.4 Å². The maximum Gasteiger partial charge on any atom is 0.314 e. The van der Waals surface area contributed by atoms with Gasteiger partial charge in [-0.05, 0) is 31.0 Å². The largest absolute Gasteiger partial charge is 0.387 e. The Morgan fingerprint density at radius 2 is 2.24 bits per heavy atom. The number of aliphatic hydroxyl groups excluding tert-OH is 1. The average Bonchev–Trinajstić information content (AvgIpc) is 2.47. The molecule has 1 unspecified atom stereocenters. The van der Waals surface area contributed by atoms with Gasteiger partial charge in [0.25, 0.3) is 0 Å². The second-order valence-electron chi connectivity index (χ2n) is 4.38. The van der Waals surface area contributed by atoms with Crippen LogP contribution in [-0.2, 0) is 4.74 Å². The van der Waals surface area contributed by atoms with Crippen LogP contribution in [0.1, 0.15) is 25.0 Å². The van der Waals surface area contributed by atoms with Gasteiger partial charge >= 0.3 is 6.03 Å². The van der Waals surface area contributed by atoms with Gasteiger partial charge in [-0.25, -0.2) is 9.18 Å². The van der Waals surface area contributed by atoms with Gasteiger partial charge in [-0.3, -0.25) is 0 Å². The number of carbonyl (C=O) groups is 1. The maximum absolute atomic E-state index is 13.3. The number of nitrogens with one attached hydrogen (secondary N) is 2. The third kappa shape index (κ3) is 6.75. The lowest BCUT2D eigenvalue weighted by Crippen LogP contribution is -2.38. The van der Waals surface area contributed by atoms with Crippen LogP contribution in [0.4, 0.5) is 9.18 Å². The first kappa shape index (κ1) is 17.7. The van der Waals surface area contributed by atoms with E-state index in [2.05, 4.69) is 10.6 Å². The van der Waals surface area contributed by atoms with Gasteiger partial charge < -0.3 is 20.5 Å². The van der Waals surface area contributed by atoms with Crippen molar-refractivity contribution in [2.45, 2.75) is 19.4 Å². The summed E-state index contributed by atoms with van der Waals surface area (Å²) in [6.07, 6.45) is -0.280. The molecule has 7 heteroatoms. The topological polar surface area (TPSA) is 70.6 Å². The van der Waals surface area contributed by atoms with Crippen LogP contribution in [0.3, 0.4) is 0 Å². The summed E-state index contributed by atoms with van der Waals surface area (Å²) < 4.78 is 18.4. The number of hydrogen-bond donors (Lipinski definition) is 3. The van der Waals surface area contributed by atoms with Gasteiger partial charge in [-0.15, -0.1) is 0 Å². The lowest BCUT2D eigenvalue weighted by Gasteiger charge is -2.13. The average molecular weight is 319 g/mol. The van der Waals surface area contributed by atoms with Crippen molar-refractivity contribution >= 4 is 17.6 Å². The Morgan fingerprint density at radius 1 is 1.48 bits per heavy atom. The highest BCUT2D eigenvalue weighted by molar-refractivity contribution is 6.30. The van der Waals surface area contributed by atoms with E-state index >= 15 is 0 Å². The molecule has 3 N–H and O–H groups in total. The summed E-state index contributed by atoms with van der Waals surface area (Å²) >= 11 is 5.56. The first-order valence-electron chi connectivity index (χ1n) is 6.77. The van der Waals surface area contributed by atoms with Crippen molar-refractivity contribution in [2.75, 3.05) is 26.3 Å². The molecular weight excluding hydrogens is 299 g/mol. The number of benzene rings is 1. The Morgan fingerprint density at radius 3 is 2.90 bits per heavy atom. The predicted octanol–water partition coefficient (Wildman–Crippen LogP) is 2.24. The van der Waals surface area contributed by atoms with Crippen LogP contribution in [0.2, 0.25) is 5.02 Å². The first-order chi connectivity index (χ1) is 10.0. The van der Waals surface area contributed by atoms with E-state index in [0.717, 1.165) is 6.07 Å². The molecular formula is C14H20ClFN2O3. The molecule has 5 nitrogen and oxygen atoms in total. The van der Waals surface area contributed by atoms with Crippen LogP contribution in [0.5, 0.6) is 0 Å². The van der Waals surface area contributed by atoms with Crippen molar-refractivity contribution in [1.82, 2.24) is 10.6 Å². The second-order valence-corrected chi connectivity index (χ2v) is 4.78. The third-order valence-corrected chi connectivity index (χ3v) is 3.05. The van der Waals surface area contributed by atoms with Gasteiger partial charge in [-0.1, -0.05) is 17.7 Å². The summed E-state index contributed by atoms with van der Waals surface area (Å²) in [4.78, 5) is 11.5. The lowest BCUT2D eigenvalue weighted by molar-refractivity contribution is 0.144. The van der Waals surface area contributed by atoms with E-state index in [1.807, 2.05) is 6.92 Å². The number of ether oxygens (including phenoxy) is 1. The molecule has 1 rings (SSSR count). The molecule has 21 heavy (non-hydrogen) atoms. The Bertz CT molecular complexity index is 460. The highest BCUT2D eigenvalue weighted by Crippen LogP contribution is 2.19. The fourth-order valence-electron chi connectivity index (χ4n) is 1.61. The van der Waals surface area contributed by atoms with Crippen molar-refractivity contribution in [2.24, 2.45) is 0 Å². The van der Waals surface area contributed by atoms with E-state index < -0.39 is 11.9 Å². The molecule has 1 aromatic carbocycles. The second kappa shape index (κ2) is 9.55. The molecule has 0 saturated heterocycles. The molecule has 1 atom stereocenters. The van der Waals surface area contributed by atoms with Gasteiger partial charge in [0.1, 0.15) is 5.82 Å². The number of aliphatic hydroxyl groups is 1. The van der Waals surface area contributed by atoms with E-state index in [1.54, 1.807) is 0 Å². The monoisotopic (exact) mass is 318 g/mol. The van der Waals surface area contributed by atoms with Gasteiger partial charge in [0.2, 0.25) is 0 Å². The van der Waals surface area contributed by atoms with E-state index in [-0.39, 0.29) is 17.6 Å². The molecule has 0 saturated carbocycles. The normalized spacial score (nSPS) is 12.0. The first-order valence-corrected chi connectivity index (χ1v) is 7.14. The summed E-state index contributed by atoms with van der Waals surface area (Å²) in [5, 5.41) is 15.0. The molecule has 0 radical (unpaired) electrons.